The van der Waals surface area contributed by atoms with Crippen molar-refractivity contribution < 1.29 is 9.59 Å². The number of amides is 2. The Hall–Kier alpha value is -2.73. The van der Waals surface area contributed by atoms with Gasteiger partial charge in [-0.3, -0.25) is 14.6 Å². The zero-order valence-electron chi connectivity index (χ0n) is 11.7. The lowest BCUT2D eigenvalue weighted by molar-refractivity contribution is -0.136. The molecule has 0 bridgehead atoms. The second kappa shape index (κ2) is 7.33. The summed E-state index contributed by atoms with van der Waals surface area (Å²) in [6.45, 7) is 1.84. The van der Waals surface area contributed by atoms with Crippen LogP contribution in [-0.4, -0.2) is 23.0 Å². The molecule has 22 heavy (non-hydrogen) atoms. The van der Waals surface area contributed by atoms with Gasteiger partial charge in [-0.1, -0.05) is 17.7 Å². The Balaban J connectivity index is 1.90. The Morgan fingerprint density at radius 1 is 1.18 bits per heavy atom. The van der Waals surface area contributed by atoms with Gasteiger partial charge in [-0.25, -0.2) is 5.43 Å². The summed E-state index contributed by atoms with van der Waals surface area (Å²) in [4.78, 5) is 27.2. The van der Waals surface area contributed by atoms with Gasteiger partial charge in [0.25, 0.3) is 0 Å². The molecule has 112 valence electrons. The van der Waals surface area contributed by atoms with E-state index in [1.165, 1.54) is 6.21 Å². The van der Waals surface area contributed by atoms with Crippen molar-refractivity contribution in [2.45, 2.75) is 6.92 Å². The lowest BCUT2D eigenvalue weighted by Gasteiger charge is -2.05. The lowest BCUT2D eigenvalue weighted by Crippen LogP contribution is -2.32. The van der Waals surface area contributed by atoms with Crippen LogP contribution in [0.2, 0.25) is 5.02 Å². The van der Waals surface area contributed by atoms with Gasteiger partial charge in [0, 0.05) is 23.1 Å². The molecule has 0 fully saturated rings. The monoisotopic (exact) mass is 316 g/mol. The zero-order valence-corrected chi connectivity index (χ0v) is 12.5. The van der Waals surface area contributed by atoms with E-state index in [9.17, 15) is 9.59 Å². The number of hydrogen-bond acceptors (Lipinski definition) is 4. The first kappa shape index (κ1) is 15.7. The van der Waals surface area contributed by atoms with Crippen LogP contribution < -0.4 is 10.7 Å². The molecule has 1 aromatic carbocycles. The molecular weight excluding hydrogens is 304 g/mol. The summed E-state index contributed by atoms with van der Waals surface area (Å²) >= 11 is 5.95. The van der Waals surface area contributed by atoms with Crippen molar-refractivity contribution in [1.82, 2.24) is 10.4 Å². The van der Waals surface area contributed by atoms with Gasteiger partial charge in [0.05, 0.1) is 6.21 Å². The molecule has 0 radical (unpaired) electrons. The van der Waals surface area contributed by atoms with Crippen molar-refractivity contribution in [1.29, 1.82) is 0 Å². The summed E-state index contributed by atoms with van der Waals surface area (Å²) in [7, 11) is 0. The fourth-order valence-electron chi connectivity index (χ4n) is 1.52. The molecule has 0 saturated heterocycles. The van der Waals surface area contributed by atoms with Crippen LogP contribution in [0.3, 0.4) is 0 Å². The molecule has 2 amide bonds. The minimum Gasteiger partial charge on any atom is -0.318 e. The number of aryl methyl sites for hydroxylation is 1. The quantitative estimate of drug-likeness (QED) is 0.517. The van der Waals surface area contributed by atoms with Crippen molar-refractivity contribution in [3.05, 3.63) is 58.9 Å². The van der Waals surface area contributed by atoms with E-state index in [4.69, 9.17) is 11.6 Å². The van der Waals surface area contributed by atoms with Gasteiger partial charge in [0.1, 0.15) is 0 Å². The van der Waals surface area contributed by atoms with Gasteiger partial charge in [-0.15, -0.1) is 0 Å². The Morgan fingerprint density at radius 2 is 1.91 bits per heavy atom. The van der Waals surface area contributed by atoms with Gasteiger partial charge >= 0.3 is 11.8 Å². The largest absolute Gasteiger partial charge is 0.329 e. The van der Waals surface area contributed by atoms with E-state index >= 15 is 0 Å². The molecule has 6 nitrogen and oxygen atoms in total. The first-order valence-corrected chi connectivity index (χ1v) is 6.74. The standard InChI is InChI=1S/C15H13ClN4O2/c1-10-2-3-12(8-13(10)16)19-14(21)15(22)20-18-9-11-4-6-17-7-5-11/h2-9H,1H3,(H,19,21)(H,20,22)/b18-9-. The van der Waals surface area contributed by atoms with E-state index in [1.807, 2.05) is 6.92 Å². The fourth-order valence-corrected chi connectivity index (χ4v) is 1.70. The van der Waals surface area contributed by atoms with E-state index in [2.05, 4.69) is 20.8 Å². The van der Waals surface area contributed by atoms with Crippen LogP contribution in [-0.2, 0) is 9.59 Å². The fraction of sp³-hybridized carbons (Fsp3) is 0.0667. The van der Waals surface area contributed by atoms with Gasteiger partial charge < -0.3 is 5.32 Å². The summed E-state index contributed by atoms with van der Waals surface area (Å²) < 4.78 is 0. The summed E-state index contributed by atoms with van der Waals surface area (Å²) in [5.41, 5.74) is 4.21. The normalized spacial score (nSPS) is 10.5. The maximum absolute atomic E-state index is 11.7. The molecule has 0 atom stereocenters. The van der Waals surface area contributed by atoms with Crippen LogP contribution in [0, 0.1) is 6.92 Å². The number of aromatic nitrogens is 1. The molecule has 2 rings (SSSR count). The number of halogens is 1. The highest BCUT2D eigenvalue weighted by Gasteiger charge is 2.13. The van der Waals surface area contributed by atoms with Crippen LogP contribution in [0.4, 0.5) is 5.69 Å². The maximum Gasteiger partial charge on any atom is 0.329 e. The third kappa shape index (κ3) is 4.39. The first-order valence-electron chi connectivity index (χ1n) is 6.37. The predicted molar refractivity (Wildman–Crippen MR) is 84.8 cm³/mol. The molecule has 0 saturated carbocycles. The van der Waals surface area contributed by atoms with Crippen LogP contribution in [0.5, 0.6) is 0 Å². The van der Waals surface area contributed by atoms with E-state index in [0.29, 0.717) is 10.7 Å². The zero-order chi connectivity index (χ0) is 15.9. The van der Waals surface area contributed by atoms with Gasteiger partial charge in [-0.2, -0.15) is 5.10 Å². The van der Waals surface area contributed by atoms with Crippen molar-refractivity contribution >= 4 is 35.3 Å². The number of nitrogens with zero attached hydrogens (tertiary/aromatic N) is 2. The van der Waals surface area contributed by atoms with Crippen molar-refractivity contribution in [3.63, 3.8) is 0 Å². The Morgan fingerprint density at radius 3 is 2.59 bits per heavy atom. The van der Waals surface area contributed by atoms with Crippen molar-refractivity contribution in [2.75, 3.05) is 5.32 Å². The lowest BCUT2D eigenvalue weighted by atomic mass is 10.2. The minimum absolute atomic E-state index is 0.439. The number of anilines is 1. The Bertz CT molecular complexity index is 717. The van der Waals surface area contributed by atoms with Gasteiger partial charge in [0.2, 0.25) is 0 Å². The van der Waals surface area contributed by atoms with Crippen molar-refractivity contribution in [3.8, 4) is 0 Å². The number of benzene rings is 1. The average Bonchev–Trinajstić information content (AvgIpc) is 2.52. The number of hydrogen-bond donors (Lipinski definition) is 2. The number of pyridine rings is 1. The molecule has 0 aliphatic carbocycles. The average molecular weight is 317 g/mol. The topological polar surface area (TPSA) is 83.5 Å². The third-order valence-electron chi connectivity index (χ3n) is 2.72. The number of carbonyl (C=O) groups excluding carboxylic acids is 2. The van der Waals surface area contributed by atoms with Crippen LogP contribution in [0.1, 0.15) is 11.1 Å². The molecule has 7 heteroatoms. The summed E-state index contributed by atoms with van der Waals surface area (Å²) in [6.07, 6.45) is 4.60. The second-order valence-electron chi connectivity index (χ2n) is 4.40. The molecule has 1 heterocycles. The highest BCUT2D eigenvalue weighted by atomic mass is 35.5. The first-order chi connectivity index (χ1) is 10.6. The maximum atomic E-state index is 11.7. The molecule has 2 N–H and O–H groups in total. The van der Waals surface area contributed by atoms with E-state index in [1.54, 1.807) is 42.7 Å². The van der Waals surface area contributed by atoms with E-state index in [0.717, 1.165) is 11.1 Å². The number of carbonyl (C=O) groups is 2. The van der Waals surface area contributed by atoms with Gasteiger partial charge in [-0.05, 0) is 42.3 Å². The Kier molecular flexibility index (Phi) is 5.21. The molecule has 0 unspecified atom stereocenters. The molecule has 0 aliphatic heterocycles. The van der Waals surface area contributed by atoms with Crippen molar-refractivity contribution in [2.24, 2.45) is 5.10 Å². The van der Waals surface area contributed by atoms with Crippen LogP contribution in [0.25, 0.3) is 0 Å². The van der Waals surface area contributed by atoms with E-state index < -0.39 is 11.8 Å². The number of hydrazone groups is 1. The smallest absolute Gasteiger partial charge is 0.318 e. The summed E-state index contributed by atoms with van der Waals surface area (Å²) in [6, 6.07) is 8.40. The van der Waals surface area contributed by atoms with Gasteiger partial charge in [0.15, 0.2) is 0 Å². The number of nitrogens with one attached hydrogen (secondary N) is 2. The van der Waals surface area contributed by atoms with Crippen LogP contribution >= 0.6 is 11.6 Å². The highest BCUT2D eigenvalue weighted by Crippen LogP contribution is 2.19. The molecule has 2 aromatic rings. The molecular formula is C15H13ClN4O2. The minimum atomic E-state index is -0.873. The van der Waals surface area contributed by atoms with E-state index in [-0.39, 0.29) is 0 Å². The third-order valence-corrected chi connectivity index (χ3v) is 3.13. The molecule has 0 aliphatic rings. The SMILES string of the molecule is Cc1ccc(NC(=O)C(=O)N/N=C\c2ccncc2)cc1Cl. The number of rotatable bonds is 3. The Labute approximate surface area is 132 Å². The molecule has 0 spiro atoms. The van der Waals surface area contributed by atoms with Crippen LogP contribution in [0.15, 0.2) is 47.8 Å². The highest BCUT2D eigenvalue weighted by molar-refractivity contribution is 6.39. The summed E-state index contributed by atoms with van der Waals surface area (Å²) in [5, 5.41) is 6.64. The second-order valence-corrected chi connectivity index (χ2v) is 4.80. The summed E-state index contributed by atoms with van der Waals surface area (Å²) in [5.74, 6) is -1.70. The predicted octanol–water partition coefficient (Wildman–Crippen LogP) is 2.13. The molecule has 1 aromatic heterocycles.